The number of tetrazole rings is 1. The Hall–Kier alpha value is -3.20. The second-order valence-electron chi connectivity index (χ2n) is 5.82. The Morgan fingerprint density at radius 3 is 3.04 bits per heavy atom. The second kappa shape index (κ2) is 7.58. The van der Waals surface area contributed by atoms with Crippen LogP contribution in [0.1, 0.15) is 12.7 Å². The van der Waals surface area contributed by atoms with Gasteiger partial charge in [-0.25, -0.2) is 4.68 Å². The van der Waals surface area contributed by atoms with Crippen LogP contribution in [0.2, 0.25) is 0 Å². The fourth-order valence-corrected chi connectivity index (χ4v) is 3.38. The van der Waals surface area contributed by atoms with E-state index < -0.39 is 5.25 Å². The van der Waals surface area contributed by atoms with Crippen molar-refractivity contribution in [1.82, 2.24) is 25.2 Å². The Morgan fingerprint density at radius 1 is 1.26 bits per heavy atom. The van der Waals surface area contributed by atoms with Crippen LogP contribution in [-0.2, 0) is 11.3 Å². The molecule has 0 fully saturated rings. The van der Waals surface area contributed by atoms with Gasteiger partial charge in [0.25, 0.3) is 0 Å². The van der Waals surface area contributed by atoms with Crippen LogP contribution >= 0.6 is 11.8 Å². The van der Waals surface area contributed by atoms with E-state index >= 15 is 0 Å². The first-order valence-electron chi connectivity index (χ1n) is 8.30. The summed E-state index contributed by atoms with van der Waals surface area (Å²) >= 11 is 1.29. The third kappa shape index (κ3) is 3.82. The summed E-state index contributed by atoms with van der Waals surface area (Å²) in [5.41, 5.74) is 1.56. The molecule has 1 atom stereocenters. The summed E-state index contributed by atoms with van der Waals surface area (Å²) in [5, 5.41) is 15.7. The highest BCUT2D eigenvalue weighted by Crippen LogP contribution is 2.25. The van der Waals surface area contributed by atoms with Crippen LogP contribution in [0.25, 0.3) is 10.9 Å². The summed E-state index contributed by atoms with van der Waals surface area (Å²) in [6.45, 7) is 2.22. The molecule has 1 N–H and O–H groups in total. The van der Waals surface area contributed by atoms with E-state index in [0.717, 1.165) is 22.4 Å². The zero-order chi connectivity index (χ0) is 18.6. The third-order valence-electron chi connectivity index (χ3n) is 3.94. The maximum atomic E-state index is 12.7. The standard InChI is InChI=1S/C18H16N6O2S/c1-12(27-18-21-22-23-24(18)11-13-5-4-10-26-13)17(25)20-16-8-2-7-15-14(16)6-3-9-19-15/h2-10,12H,11H2,1H3,(H,20,25). The molecule has 0 radical (unpaired) electrons. The number of aromatic nitrogens is 5. The highest BCUT2D eigenvalue weighted by molar-refractivity contribution is 8.00. The van der Waals surface area contributed by atoms with Crippen molar-refractivity contribution in [2.75, 3.05) is 5.32 Å². The van der Waals surface area contributed by atoms with E-state index in [4.69, 9.17) is 4.42 Å². The lowest BCUT2D eigenvalue weighted by atomic mass is 10.2. The van der Waals surface area contributed by atoms with Crippen LogP contribution in [0.5, 0.6) is 0 Å². The van der Waals surface area contributed by atoms with Crippen molar-refractivity contribution < 1.29 is 9.21 Å². The predicted molar refractivity (Wildman–Crippen MR) is 101 cm³/mol. The van der Waals surface area contributed by atoms with Crippen molar-refractivity contribution in [1.29, 1.82) is 0 Å². The highest BCUT2D eigenvalue weighted by Gasteiger charge is 2.20. The first-order valence-corrected chi connectivity index (χ1v) is 9.18. The number of carbonyl (C=O) groups is 1. The number of furan rings is 1. The number of anilines is 1. The molecular weight excluding hydrogens is 364 g/mol. The number of thioether (sulfide) groups is 1. The number of fused-ring (bicyclic) bond motifs is 1. The number of amides is 1. The summed E-state index contributed by atoms with van der Waals surface area (Å²) in [6.07, 6.45) is 3.33. The van der Waals surface area contributed by atoms with Gasteiger partial charge in [-0.2, -0.15) is 0 Å². The van der Waals surface area contributed by atoms with Crippen LogP contribution in [0.4, 0.5) is 5.69 Å². The number of pyridine rings is 1. The van der Waals surface area contributed by atoms with E-state index in [-0.39, 0.29) is 5.91 Å². The molecule has 9 heteroatoms. The topological polar surface area (TPSA) is 98.7 Å². The summed E-state index contributed by atoms with van der Waals surface area (Å²) in [7, 11) is 0. The second-order valence-corrected chi connectivity index (χ2v) is 7.13. The fourth-order valence-electron chi connectivity index (χ4n) is 2.59. The minimum atomic E-state index is -0.390. The minimum Gasteiger partial charge on any atom is -0.467 e. The van der Waals surface area contributed by atoms with Gasteiger partial charge in [0.05, 0.1) is 22.7 Å². The van der Waals surface area contributed by atoms with Crippen molar-refractivity contribution in [2.24, 2.45) is 0 Å². The monoisotopic (exact) mass is 380 g/mol. The molecule has 1 unspecified atom stereocenters. The molecule has 4 rings (SSSR count). The van der Waals surface area contributed by atoms with Gasteiger partial charge in [-0.1, -0.05) is 17.8 Å². The van der Waals surface area contributed by atoms with Crippen LogP contribution in [-0.4, -0.2) is 36.3 Å². The normalized spacial score (nSPS) is 12.2. The number of hydrogen-bond acceptors (Lipinski definition) is 7. The van der Waals surface area contributed by atoms with Crippen LogP contribution in [0.15, 0.2) is 64.5 Å². The Bertz CT molecular complexity index is 1060. The van der Waals surface area contributed by atoms with Gasteiger partial charge in [-0.15, -0.1) is 5.10 Å². The van der Waals surface area contributed by atoms with Gasteiger partial charge >= 0.3 is 0 Å². The molecule has 3 aromatic heterocycles. The smallest absolute Gasteiger partial charge is 0.237 e. The van der Waals surface area contributed by atoms with Crippen LogP contribution in [0.3, 0.4) is 0 Å². The van der Waals surface area contributed by atoms with Crippen molar-refractivity contribution in [3.63, 3.8) is 0 Å². The Morgan fingerprint density at radius 2 is 2.19 bits per heavy atom. The lowest BCUT2D eigenvalue weighted by molar-refractivity contribution is -0.115. The number of carbonyl (C=O) groups excluding carboxylic acids is 1. The number of rotatable bonds is 6. The Balaban J connectivity index is 1.46. The zero-order valence-corrected chi connectivity index (χ0v) is 15.3. The average Bonchev–Trinajstić information content (AvgIpc) is 3.35. The Kier molecular flexibility index (Phi) is 4.84. The largest absolute Gasteiger partial charge is 0.467 e. The van der Waals surface area contributed by atoms with Gasteiger partial charge in [0, 0.05) is 11.6 Å². The van der Waals surface area contributed by atoms with Gasteiger partial charge in [0.1, 0.15) is 12.3 Å². The molecule has 0 aliphatic carbocycles. The maximum Gasteiger partial charge on any atom is 0.237 e. The van der Waals surface area contributed by atoms with Crippen molar-refractivity contribution in [3.8, 4) is 0 Å². The third-order valence-corrected chi connectivity index (χ3v) is 5.01. The lowest BCUT2D eigenvalue weighted by Crippen LogP contribution is -2.23. The molecule has 27 heavy (non-hydrogen) atoms. The molecule has 8 nitrogen and oxygen atoms in total. The summed E-state index contributed by atoms with van der Waals surface area (Å²) in [5.74, 6) is 0.605. The molecule has 0 saturated carbocycles. The minimum absolute atomic E-state index is 0.135. The molecule has 0 bridgehead atoms. The quantitative estimate of drug-likeness (QED) is 0.513. The number of nitrogens with one attached hydrogen (secondary N) is 1. The fraction of sp³-hybridized carbons (Fsp3) is 0.167. The van der Waals surface area contributed by atoms with Gasteiger partial charge in [-0.3, -0.25) is 9.78 Å². The van der Waals surface area contributed by atoms with E-state index in [9.17, 15) is 4.79 Å². The van der Waals surface area contributed by atoms with E-state index in [1.165, 1.54) is 11.8 Å². The van der Waals surface area contributed by atoms with E-state index in [0.29, 0.717) is 11.7 Å². The lowest BCUT2D eigenvalue weighted by Gasteiger charge is -2.13. The van der Waals surface area contributed by atoms with Crippen LogP contribution in [0, 0.1) is 0 Å². The summed E-state index contributed by atoms with van der Waals surface area (Å²) < 4.78 is 6.93. The molecule has 3 heterocycles. The first kappa shape index (κ1) is 17.2. The summed E-state index contributed by atoms with van der Waals surface area (Å²) in [4.78, 5) is 17.0. The number of benzene rings is 1. The van der Waals surface area contributed by atoms with Gasteiger partial charge in [-0.05, 0) is 53.7 Å². The van der Waals surface area contributed by atoms with E-state index in [1.54, 1.807) is 17.1 Å². The van der Waals surface area contributed by atoms with Crippen molar-refractivity contribution in [2.45, 2.75) is 23.9 Å². The molecular formula is C18H16N6O2S. The van der Waals surface area contributed by atoms with Gasteiger partial charge < -0.3 is 9.73 Å². The number of nitrogens with zero attached hydrogens (tertiary/aromatic N) is 5. The first-order chi connectivity index (χ1) is 13.2. The molecule has 0 aliphatic heterocycles. The van der Waals surface area contributed by atoms with Gasteiger partial charge in [0.2, 0.25) is 11.1 Å². The SMILES string of the molecule is CC(Sc1nnnn1Cc1ccco1)C(=O)Nc1cccc2ncccc12. The van der Waals surface area contributed by atoms with Crippen molar-refractivity contribution >= 4 is 34.3 Å². The average molecular weight is 380 g/mol. The molecule has 1 amide bonds. The predicted octanol–water partition coefficient (Wildman–Crippen LogP) is 2.98. The summed E-state index contributed by atoms with van der Waals surface area (Å²) in [6, 6.07) is 13.1. The zero-order valence-electron chi connectivity index (χ0n) is 14.4. The van der Waals surface area contributed by atoms with Crippen LogP contribution < -0.4 is 5.32 Å². The van der Waals surface area contributed by atoms with E-state index in [1.807, 2.05) is 49.4 Å². The molecule has 136 valence electrons. The highest BCUT2D eigenvalue weighted by atomic mass is 32.2. The van der Waals surface area contributed by atoms with Gasteiger partial charge in [0.15, 0.2) is 0 Å². The van der Waals surface area contributed by atoms with E-state index in [2.05, 4.69) is 25.8 Å². The number of hydrogen-bond donors (Lipinski definition) is 1. The molecule has 1 aromatic carbocycles. The van der Waals surface area contributed by atoms with Crippen molar-refractivity contribution in [3.05, 3.63) is 60.7 Å². The molecule has 0 saturated heterocycles. The Labute approximate surface area is 159 Å². The molecule has 0 aliphatic rings. The maximum absolute atomic E-state index is 12.7. The molecule has 4 aromatic rings. The molecule has 0 spiro atoms.